The lowest BCUT2D eigenvalue weighted by atomic mass is 10.0. The van der Waals surface area contributed by atoms with E-state index >= 15 is 0 Å². The number of rotatable bonds is 7. The van der Waals surface area contributed by atoms with Crippen LogP contribution < -0.4 is 14.5 Å². The Bertz CT molecular complexity index is 1600. The molecule has 232 valence electrons. The predicted octanol–water partition coefficient (Wildman–Crippen LogP) is 5.32. The van der Waals surface area contributed by atoms with Crippen molar-refractivity contribution in [3.63, 3.8) is 0 Å². The van der Waals surface area contributed by atoms with Gasteiger partial charge in [0.05, 0.1) is 35.8 Å². The molecular weight excluding hydrogens is 585 g/mol. The van der Waals surface area contributed by atoms with Crippen molar-refractivity contribution < 1.29 is 19.0 Å². The first-order valence-electron chi connectivity index (χ1n) is 15.3. The smallest absolute Gasteiger partial charge is 0.407 e. The van der Waals surface area contributed by atoms with Gasteiger partial charge in [0.2, 0.25) is 0 Å². The van der Waals surface area contributed by atoms with E-state index in [0.717, 1.165) is 47.5 Å². The van der Waals surface area contributed by atoms with Crippen LogP contribution in [0.15, 0.2) is 30.3 Å². The minimum Gasteiger partial charge on any atom is -0.465 e. The molecule has 2 aromatic carbocycles. The Morgan fingerprint density at radius 1 is 1.16 bits per heavy atom. The molecule has 2 fully saturated rings. The predicted molar refractivity (Wildman–Crippen MR) is 167 cm³/mol. The summed E-state index contributed by atoms with van der Waals surface area (Å²) >= 11 is 6.49. The van der Waals surface area contributed by atoms with Crippen molar-refractivity contribution in [2.75, 3.05) is 49.1 Å². The number of amides is 1. The topological polar surface area (TPSA) is 109 Å². The van der Waals surface area contributed by atoms with E-state index in [1.165, 1.54) is 11.0 Å². The number of carboxylic acid groups (broad SMARTS) is 1. The van der Waals surface area contributed by atoms with Crippen LogP contribution in [0.2, 0.25) is 5.02 Å². The second-order valence-corrected chi connectivity index (χ2v) is 12.4. The standard InChI is InChI=1S/C32H37ClFN7O3/c1-20(2)40-13-4-6-23(40)19-44-31-36-26-18-38(27-7-3-5-21-8-9-25(34)29(33)28(21)27)14-11-24(26)30(37-31)39-15-16-41(32(42)43)22(17-39)10-12-35/h3,5,7-9,20,22-23H,4,6,10-11,13-19H2,1-2H3,(H,42,43). The Morgan fingerprint density at radius 3 is 2.77 bits per heavy atom. The summed E-state index contributed by atoms with van der Waals surface area (Å²) in [4.78, 5) is 29.7. The SMILES string of the molecule is CC(C)N1CCCC1COc1nc2c(c(N3CCN(C(=O)O)C(CC#N)C3)n1)CCN(c1cccc3ccc(F)c(Cl)c13)C2. The van der Waals surface area contributed by atoms with Gasteiger partial charge in [-0.3, -0.25) is 4.90 Å². The number of nitrogens with zero attached hydrogens (tertiary/aromatic N) is 7. The Morgan fingerprint density at radius 2 is 2.00 bits per heavy atom. The van der Waals surface area contributed by atoms with Gasteiger partial charge < -0.3 is 24.5 Å². The summed E-state index contributed by atoms with van der Waals surface area (Å²) in [6.45, 7) is 8.07. The lowest BCUT2D eigenvalue weighted by Crippen LogP contribution is -2.55. The van der Waals surface area contributed by atoms with Crippen LogP contribution in [0.3, 0.4) is 0 Å². The van der Waals surface area contributed by atoms with Crippen LogP contribution in [0.5, 0.6) is 6.01 Å². The fraction of sp³-hybridized carbons (Fsp3) is 0.500. The molecule has 10 nitrogen and oxygen atoms in total. The van der Waals surface area contributed by atoms with Crippen molar-refractivity contribution >= 4 is 40.0 Å². The molecule has 4 heterocycles. The van der Waals surface area contributed by atoms with E-state index in [1.54, 1.807) is 6.07 Å². The highest BCUT2D eigenvalue weighted by Gasteiger charge is 2.34. The average molecular weight is 622 g/mol. The van der Waals surface area contributed by atoms with E-state index in [2.05, 4.69) is 34.6 Å². The van der Waals surface area contributed by atoms with Crippen molar-refractivity contribution in [2.24, 2.45) is 0 Å². The Labute approximate surface area is 261 Å². The maximum absolute atomic E-state index is 14.5. The van der Waals surface area contributed by atoms with E-state index in [4.69, 9.17) is 26.3 Å². The monoisotopic (exact) mass is 621 g/mol. The molecule has 1 N–H and O–H groups in total. The summed E-state index contributed by atoms with van der Waals surface area (Å²) in [5.74, 6) is 0.269. The van der Waals surface area contributed by atoms with Crippen LogP contribution in [0.1, 0.15) is 44.4 Å². The largest absolute Gasteiger partial charge is 0.465 e. The van der Waals surface area contributed by atoms with Gasteiger partial charge in [-0.25, -0.2) is 9.18 Å². The van der Waals surface area contributed by atoms with Crippen LogP contribution in [0.4, 0.5) is 20.7 Å². The summed E-state index contributed by atoms with van der Waals surface area (Å²) in [6.07, 6.45) is 1.87. The van der Waals surface area contributed by atoms with Gasteiger partial charge in [0.25, 0.3) is 0 Å². The number of carbonyl (C=O) groups is 1. The number of likely N-dealkylation sites (tertiary alicyclic amines) is 1. The second kappa shape index (κ2) is 12.6. The maximum Gasteiger partial charge on any atom is 0.407 e. The molecule has 2 atom stereocenters. The zero-order chi connectivity index (χ0) is 31.0. The van der Waals surface area contributed by atoms with Crippen molar-refractivity contribution in [1.29, 1.82) is 5.26 Å². The second-order valence-electron chi connectivity index (χ2n) is 12.0. The number of hydrogen-bond donors (Lipinski definition) is 1. The van der Waals surface area contributed by atoms with Gasteiger partial charge in [-0.05, 0) is 57.2 Å². The molecule has 0 saturated carbocycles. The third-order valence-corrected chi connectivity index (χ3v) is 9.49. The van der Waals surface area contributed by atoms with Crippen molar-refractivity contribution in [1.82, 2.24) is 19.8 Å². The van der Waals surface area contributed by atoms with Crippen LogP contribution in [-0.2, 0) is 13.0 Å². The minimum absolute atomic E-state index is 0.0956. The molecule has 0 bridgehead atoms. The number of piperazine rings is 1. The Kier molecular flexibility index (Phi) is 8.65. The van der Waals surface area contributed by atoms with E-state index in [-0.39, 0.29) is 30.0 Å². The number of benzene rings is 2. The van der Waals surface area contributed by atoms with Crippen molar-refractivity contribution in [2.45, 2.75) is 64.2 Å². The molecule has 6 rings (SSSR count). The van der Waals surface area contributed by atoms with Crippen LogP contribution in [0, 0.1) is 17.1 Å². The lowest BCUT2D eigenvalue weighted by Gasteiger charge is -2.41. The quantitative estimate of drug-likeness (QED) is 0.375. The van der Waals surface area contributed by atoms with Gasteiger partial charge in [-0.1, -0.05) is 29.8 Å². The minimum atomic E-state index is -1.02. The highest BCUT2D eigenvalue weighted by Crippen LogP contribution is 2.38. The fourth-order valence-electron chi connectivity index (χ4n) is 6.94. The third kappa shape index (κ3) is 5.81. The molecule has 1 aromatic heterocycles. The molecule has 3 aliphatic heterocycles. The van der Waals surface area contributed by atoms with Gasteiger partial charge >= 0.3 is 12.1 Å². The zero-order valence-corrected chi connectivity index (χ0v) is 25.8. The van der Waals surface area contributed by atoms with Crippen LogP contribution in [0.25, 0.3) is 10.8 Å². The summed E-state index contributed by atoms with van der Waals surface area (Å²) in [6, 6.07) is 11.6. The first kappa shape index (κ1) is 30.2. The van der Waals surface area contributed by atoms with Gasteiger partial charge in [-0.15, -0.1) is 0 Å². The van der Waals surface area contributed by atoms with E-state index in [1.807, 2.05) is 18.2 Å². The molecule has 12 heteroatoms. The molecule has 0 radical (unpaired) electrons. The van der Waals surface area contributed by atoms with Gasteiger partial charge in [0.1, 0.15) is 18.2 Å². The molecule has 2 unspecified atom stereocenters. The van der Waals surface area contributed by atoms with Gasteiger partial charge in [0.15, 0.2) is 0 Å². The third-order valence-electron chi connectivity index (χ3n) is 9.12. The highest BCUT2D eigenvalue weighted by molar-refractivity contribution is 6.36. The number of hydrogen-bond acceptors (Lipinski definition) is 8. The molecule has 1 amide bonds. The molecule has 0 aliphatic carbocycles. The number of aromatic nitrogens is 2. The summed E-state index contributed by atoms with van der Waals surface area (Å²) < 4.78 is 20.9. The zero-order valence-electron chi connectivity index (χ0n) is 25.0. The Balaban J connectivity index is 1.35. The molecule has 3 aromatic rings. The summed E-state index contributed by atoms with van der Waals surface area (Å²) in [5, 5.41) is 20.8. The normalized spacial score (nSPS) is 20.7. The molecular formula is C32H37ClFN7O3. The van der Waals surface area contributed by atoms with Crippen molar-refractivity contribution in [3.8, 4) is 12.1 Å². The molecule has 0 spiro atoms. The average Bonchev–Trinajstić information content (AvgIpc) is 3.50. The molecule has 2 saturated heterocycles. The number of ether oxygens (including phenoxy) is 1. The van der Waals surface area contributed by atoms with Gasteiger partial charge in [-0.2, -0.15) is 15.2 Å². The fourth-order valence-corrected chi connectivity index (χ4v) is 7.21. The van der Waals surface area contributed by atoms with Crippen LogP contribution in [-0.4, -0.2) is 88.4 Å². The number of fused-ring (bicyclic) bond motifs is 2. The number of halogens is 2. The van der Waals surface area contributed by atoms with Crippen LogP contribution >= 0.6 is 11.6 Å². The molecule has 3 aliphatic rings. The first-order valence-corrected chi connectivity index (χ1v) is 15.6. The first-order chi connectivity index (χ1) is 21.2. The summed E-state index contributed by atoms with van der Waals surface area (Å²) in [5.41, 5.74) is 2.63. The molecule has 44 heavy (non-hydrogen) atoms. The number of nitriles is 1. The van der Waals surface area contributed by atoms with Gasteiger partial charge in [0, 0.05) is 54.9 Å². The van der Waals surface area contributed by atoms with Crippen molar-refractivity contribution in [3.05, 3.63) is 52.4 Å². The van der Waals surface area contributed by atoms with E-state index in [9.17, 15) is 19.6 Å². The maximum atomic E-state index is 14.5. The Hall–Kier alpha value is -3.88. The summed E-state index contributed by atoms with van der Waals surface area (Å²) in [7, 11) is 0. The van der Waals surface area contributed by atoms with E-state index < -0.39 is 18.0 Å². The lowest BCUT2D eigenvalue weighted by molar-refractivity contribution is 0.118. The number of anilines is 2. The highest BCUT2D eigenvalue weighted by atomic mass is 35.5. The van der Waals surface area contributed by atoms with E-state index in [0.29, 0.717) is 50.6 Å².